The zero-order valence-corrected chi connectivity index (χ0v) is 8.96. The lowest BCUT2D eigenvalue weighted by Gasteiger charge is -2.27. The van der Waals surface area contributed by atoms with Gasteiger partial charge in [0.25, 0.3) is 0 Å². The fourth-order valence-corrected chi connectivity index (χ4v) is 2.82. The van der Waals surface area contributed by atoms with E-state index in [1.165, 1.54) is 0 Å². The molecule has 2 fully saturated rings. The zero-order valence-electron chi connectivity index (χ0n) is 8.96. The van der Waals surface area contributed by atoms with Crippen LogP contribution in [0.5, 0.6) is 0 Å². The van der Waals surface area contributed by atoms with Crippen molar-refractivity contribution < 1.29 is 14.8 Å². The third kappa shape index (κ3) is 2.43. The van der Waals surface area contributed by atoms with Crippen molar-refractivity contribution in [3.05, 3.63) is 10.1 Å². The summed E-state index contributed by atoms with van der Waals surface area (Å²) in [5.41, 5.74) is 0. The molecule has 0 heterocycles. The van der Waals surface area contributed by atoms with Crippen LogP contribution >= 0.6 is 0 Å². The zero-order chi connectivity index (χ0) is 11.7. The van der Waals surface area contributed by atoms with Gasteiger partial charge in [0.15, 0.2) is 0 Å². The molecule has 2 rings (SSSR count). The molecule has 2 atom stereocenters. The highest BCUT2D eigenvalue weighted by atomic mass is 16.6. The van der Waals surface area contributed by atoms with Gasteiger partial charge in [0.05, 0.1) is 0 Å². The van der Waals surface area contributed by atoms with Crippen molar-refractivity contribution in [2.45, 2.75) is 44.2 Å². The first-order valence-electron chi connectivity index (χ1n) is 5.71. The van der Waals surface area contributed by atoms with Crippen molar-refractivity contribution >= 4 is 6.09 Å². The van der Waals surface area contributed by atoms with Crippen LogP contribution in [-0.4, -0.2) is 28.2 Å². The van der Waals surface area contributed by atoms with Crippen LogP contribution < -0.4 is 5.32 Å². The summed E-state index contributed by atoms with van der Waals surface area (Å²) >= 11 is 0. The molecule has 0 unspecified atom stereocenters. The maximum atomic E-state index is 10.5. The van der Waals surface area contributed by atoms with Crippen molar-refractivity contribution in [1.82, 2.24) is 5.32 Å². The van der Waals surface area contributed by atoms with Crippen LogP contribution in [0.25, 0.3) is 0 Å². The Morgan fingerprint density at radius 3 is 2.38 bits per heavy atom. The van der Waals surface area contributed by atoms with Gasteiger partial charge in [-0.15, -0.1) is 0 Å². The normalized spacial score (nSPS) is 37.8. The summed E-state index contributed by atoms with van der Waals surface area (Å²) < 4.78 is 0. The Hall–Kier alpha value is -1.33. The Labute approximate surface area is 93.2 Å². The quantitative estimate of drug-likeness (QED) is 0.565. The second kappa shape index (κ2) is 4.27. The third-order valence-electron chi connectivity index (χ3n) is 3.78. The summed E-state index contributed by atoms with van der Waals surface area (Å²) in [4.78, 5) is 20.8. The smallest absolute Gasteiger partial charge is 0.404 e. The van der Waals surface area contributed by atoms with Gasteiger partial charge in [0.1, 0.15) is 0 Å². The highest BCUT2D eigenvalue weighted by Gasteiger charge is 2.52. The molecule has 2 aliphatic carbocycles. The average Bonchev–Trinajstić information content (AvgIpc) is 2.97. The molecule has 0 bridgehead atoms. The summed E-state index contributed by atoms with van der Waals surface area (Å²) in [6, 6.07) is -0.282. The minimum Gasteiger partial charge on any atom is -0.465 e. The van der Waals surface area contributed by atoms with E-state index >= 15 is 0 Å². The molecule has 0 saturated heterocycles. The number of nitro groups is 1. The highest BCUT2D eigenvalue weighted by molar-refractivity contribution is 5.64. The molecule has 0 radical (unpaired) electrons. The van der Waals surface area contributed by atoms with Gasteiger partial charge in [0, 0.05) is 23.3 Å². The van der Waals surface area contributed by atoms with Crippen LogP contribution in [0.3, 0.4) is 0 Å². The average molecular weight is 228 g/mol. The maximum Gasteiger partial charge on any atom is 0.404 e. The number of hydrogen-bond donors (Lipinski definition) is 2. The Balaban J connectivity index is 1.74. The van der Waals surface area contributed by atoms with E-state index in [-0.39, 0.29) is 22.9 Å². The largest absolute Gasteiger partial charge is 0.465 e. The Bertz CT molecular complexity index is 299. The first-order valence-corrected chi connectivity index (χ1v) is 5.71. The van der Waals surface area contributed by atoms with Crippen LogP contribution in [0.1, 0.15) is 32.1 Å². The van der Waals surface area contributed by atoms with Crippen LogP contribution in [0.4, 0.5) is 4.79 Å². The van der Waals surface area contributed by atoms with Gasteiger partial charge in [-0.1, -0.05) is 0 Å². The summed E-state index contributed by atoms with van der Waals surface area (Å²) in [5, 5.41) is 21.6. The predicted molar refractivity (Wildman–Crippen MR) is 55.8 cm³/mol. The molecular formula is C10H16N2O4. The first kappa shape index (κ1) is 11.2. The van der Waals surface area contributed by atoms with Crippen LogP contribution in [0.2, 0.25) is 0 Å². The van der Waals surface area contributed by atoms with Crippen LogP contribution in [0, 0.1) is 22.0 Å². The molecular weight excluding hydrogens is 212 g/mol. The van der Waals surface area contributed by atoms with Gasteiger partial charge < -0.3 is 10.4 Å². The third-order valence-corrected chi connectivity index (χ3v) is 3.78. The lowest BCUT2D eigenvalue weighted by atomic mass is 9.83. The van der Waals surface area contributed by atoms with E-state index in [9.17, 15) is 14.9 Å². The van der Waals surface area contributed by atoms with Crippen molar-refractivity contribution in [2.24, 2.45) is 11.8 Å². The second-order valence-corrected chi connectivity index (χ2v) is 4.81. The van der Waals surface area contributed by atoms with Crippen molar-refractivity contribution in [3.8, 4) is 0 Å². The van der Waals surface area contributed by atoms with E-state index in [2.05, 4.69) is 5.32 Å². The molecule has 0 aromatic heterocycles. The number of nitrogens with zero attached hydrogens (tertiary/aromatic N) is 1. The van der Waals surface area contributed by atoms with Gasteiger partial charge >= 0.3 is 6.09 Å². The summed E-state index contributed by atoms with van der Waals surface area (Å²) in [7, 11) is 0. The van der Waals surface area contributed by atoms with E-state index in [0.717, 1.165) is 25.7 Å². The minimum atomic E-state index is -0.974. The minimum absolute atomic E-state index is 0.0431. The lowest BCUT2D eigenvalue weighted by Crippen LogP contribution is -2.37. The van der Waals surface area contributed by atoms with Crippen LogP contribution in [-0.2, 0) is 0 Å². The molecule has 90 valence electrons. The fraction of sp³-hybridized carbons (Fsp3) is 0.900. The molecule has 16 heavy (non-hydrogen) atoms. The molecule has 1 amide bonds. The Kier molecular flexibility index (Phi) is 2.98. The van der Waals surface area contributed by atoms with Gasteiger partial charge in [-0.2, -0.15) is 0 Å². The summed E-state index contributed by atoms with van der Waals surface area (Å²) in [6.07, 6.45) is 3.21. The van der Waals surface area contributed by atoms with Gasteiger partial charge in [-0.25, -0.2) is 4.79 Å². The fourth-order valence-electron chi connectivity index (χ4n) is 2.82. The molecule has 2 saturated carbocycles. The Morgan fingerprint density at radius 2 is 1.94 bits per heavy atom. The highest BCUT2D eigenvalue weighted by Crippen LogP contribution is 2.45. The molecule has 6 heteroatoms. The number of rotatable bonds is 3. The van der Waals surface area contributed by atoms with E-state index in [1.54, 1.807) is 0 Å². The Morgan fingerprint density at radius 1 is 1.31 bits per heavy atom. The molecule has 6 nitrogen and oxygen atoms in total. The first-order chi connectivity index (χ1) is 7.58. The van der Waals surface area contributed by atoms with Crippen molar-refractivity contribution in [2.75, 3.05) is 0 Å². The number of nitrogens with one attached hydrogen (secondary N) is 1. The topological polar surface area (TPSA) is 92.5 Å². The van der Waals surface area contributed by atoms with E-state index in [0.29, 0.717) is 12.3 Å². The lowest BCUT2D eigenvalue weighted by molar-refractivity contribution is -0.499. The molecule has 0 aromatic carbocycles. The van der Waals surface area contributed by atoms with Gasteiger partial charge in [0.2, 0.25) is 6.04 Å². The maximum absolute atomic E-state index is 10.5. The second-order valence-electron chi connectivity index (χ2n) is 4.81. The summed E-state index contributed by atoms with van der Waals surface area (Å²) in [6.45, 7) is 0. The number of carboxylic acid groups (broad SMARTS) is 1. The van der Waals surface area contributed by atoms with E-state index in [4.69, 9.17) is 5.11 Å². The molecule has 0 aromatic rings. The number of hydrogen-bond acceptors (Lipinski definition) is 3. The monoisotopic (exact) mass is 228 g/mol. The summed E-state index contributed by atoms with van der Waals surface area (Å²) in [5.74, 6) is 0.683. The molecule has 0 aliphatic heterocycles. The van der Waals surface area contributed by atoms with Crippen molar-refractivity contribution in [1.29, 1.82) is 0 Å². The predicted octanol–water partition coefficient (Wildman–Crippen LogP) is 1.48. The standard InChI is InChI=1S/C10H16N2O4/c13-10(14)11-7-3-1-6(2-4-7)8-5-9(8)12(15)16/h6-9,11H,1-5H2,(H,13,14)/t6?,7?,8-,9+/m0/s1. The van der Waals surface area contributed by atoms with E-state index in [1.807, 2.05) is 0 Å². The number of carbonyl (C=O) groups is 1. The SMILES string of the molecule is O=C(O)NC1CCC([C@@H]2C[C@H]2[N+](=O)[O-])CC1. The van der Waals surface area contributed by atoms with Gasteiger partial charge in [-0.3, -0.25) is 10.1 Å². The molecule has 2 aliphatic rings. The van der Waals surface area contributed by atoms with E-state index < -0.39 is 6.09 Å². The van der Waals surface area contributed by atoms with Crippen LogP contribution in [0.15, 0.2) is 0 Å². The van der Waals surface area contributed by atoms with Crippen molar-refractivity contribution in [3.63, 3.8) is 0 Å². The van der Waals surface area contributed by atoms with Gasteiger partial charge in [-0.05, 0) is 31.6 Å². The molecule has 2 N–H and O–H groups in total. The molecule has 0 spiro atoms. The number of amides is 1.